The van der Waals surface area contributed by atoms with Gasteiger partial charge in [-0.2, -0.15) is 0 Å². The average Bonchev–Trinajstić information content (AvgIpc) is 3.50. The highest BCUT2D eigenvalue weighted by Gasteiger charge is 2.23. The summed E-state index contributed by atoms with van der Waals surface area (Å²) in [5.74, 6) is -0.198. The second-order valence-electron chi connectivity index (χ2n) is 24.5. The van der Waals surface area contributed by atoms with Crippen molar-refractivity contribution in [2.45, 2.75) is 315 Å². The Hall–Kier alpha value is -2.84. The Kier molecular flexibility index (Phi) is 61.5. The van der Waals surface area contributed by atoms with Crippen LogP contribution in [0.15, 0.2) is 109 Å². The third-order valence-electron chi connectivity index (χ3n) is 15.2. The van der Waals surface area contributed by atoms with E-state index in [1.807, 2.05) is 27.2 Å². The molecule has 0 fully saturated rings. The van der Waals surface area contributed by atoms with Crippen molar-refractivity contribution in [3.8, 4) is 0 Å². The first-order valence-electron chi connectivity index (χ1n) is 34.7. The van der Waals surface area contributed by atoms with Gasteiger partial charge in [0.2, 0.25) is 5.91 Å². The van der Waals surface area contributed by atoms with Crippen LogP contribution in [0, 0.1) is 0 Å². The highest BCUT2D eigenvalue weighted by molar-refractivity contribution is 7.45. The van der Waals surface area contributed by atoms with Gasteiger partial charge in [-0.1, -0.05) is 322 Å². The highest BCUT2D eigenvalue weighted by Crippen LogP contribution is 2.38. The zero-order chi connectivity index (χ0) is 60.5. The van der Waals surface area contributed by atoms with E-state index in [1.165, 1.54) is 193 Å². The summed E-state index contributed by atoms with van der Waals surface area (Å²) in [7, 11) is 1.26. The fourth-order valence-electron chi connectivity index (χ4n) is 9.88. The summed E-state index contributed by atoms with van der Waals surface area (Å²) >= 11 is 0. The number of carbonyl (C=O) groups is 1. The van der Waals surface area contributed by atoms with Crippen LogP contribution in [-0.2, 0) is 18.4 Å². The van der Waals surface area contributed by atoms with E-state index in [1.54, 1.807) is 6.08 Å². The van der Waals surface area contributed by atoms with Crippen LogP contribution in [0.1, 0.15) is 303 Å². The number of carbonyl (C=O) groups excluding carboxylic acids is 1. The Morgan fingerprint density at radius 2 is 0.735 bits per heavy atom. The molecule has 0 spiro atoms. The van der Waals surface area contributed by atoms with Crippen molar-refractivity contribution >= 4 is 13.7 Å². The van der Waals surface area contributed by atoms with E-state index < -0.39 is 20.0 Å². The van der Waals surface area contributed by atoms with E-state index in [0.29, 0.717) is 17.4 Å². The average molecular weight is 1180 g/mol. The van der Waals surface area contributed by atoms with Crippen molar-refractivity contribution in [1.82, 2.24) is 5.32 Å². The molecule has 3 atom stereocenters. The minimum atomic E-state index is -4.61. The van der Waals surface area contributed by atoms with Crippen molar-refractivity contribution in [3.63, 3.8) is 0 Å². The maximum absolute atomic E-state index is 13.0. The first-order chi connectivity index (χ1) is 40.5. The smallest absolute Gasteiger partial charge is 0.268 e. The van der Waals surface area contributed by atoms with Crippen LogP contribution < -0.4 is 10.2 Å². The lowest BCUT2D eigenvalue weighted by Gasteiger charge is -2.29. The third kappa shape index (κ3) is 66.5. The molecule has 1 amide bonds. The molecule has 0 aromatic rings. The molecule has 0 saturated carbocycles. The van der Waals surface area contributed by atoms with Crippen LogP contribution in [0.25, 0.3) is 0 Å². The molecule has 0 aliphatic heterocycles. The van der Waals surface area contributed by atoms with Gasteiger partial charge in [-0.3, -0.25) is 9.36 Å². The number of quaternary nitrogens is 1. The van der Waals surface area contributed by atoms with Crippen LogP contribution in [0.2, 0.25) is 0 Å². The molecule has 83 heavy (non-hydrogen) atoms. The minimum absolute atomic E-state index is 0.00393. The molecular weight excluding hydrogens is 1040 g/mol. The van der Waals surface area contributed by atoms with Crippen molar-refractivity contribution in [3.05, 3.63) is 109 Å². The summed E-state index contributed by atoms with van der Waals surface area (Å²) < 4.78 is 23.4. The van der Waals surface area contributed by atoms with E-state index in [9.17, 15) is 19.4 Å². The molecule has 0 aromatic carbocycles. The Labute approximate surface area is 514 Å². The van der Waals surface area contributed by atoms with Gasteiger partial charge < -0.3 is 28.8 Å². The van der Waals surface area contributed by atoms with E-state index in [4.69, 9.17) is 9.05 Å². The molecule has 3 unspecified atom stereocenters. The SMILES string of the molecule is CC/C=C\C/C=C\C/C=C\C/C=C\C/C=C\C/C=C\C/C=C\C/C=C\CCCCCCCCCCCCCCCCC(=O)NC(COP(=O)([O-])OCC[N+](C)(C)C)C(O)/C=C/CCCCCCCCCCCCCCCCCCCCCC. The maximum Gasteiger partial charge on any atom is 0.268 e. The second kappa shape index (κ2) is 63.7. The van der Waals surface area contributed by atoms with E-state index in [2.05, 4.69) is 116 Å². The Morgan fingerprint density at radius 3 is 1.07 bits per heavy atom. The molecule has 0 bridgehead atoms. The van der Waals surface area contributed by atoms with Crippen molar-refractivity contribution in [2.75, 3.05) is 40.9 Å². The van der Waals surface area contributed by atoms with Crippen molar-refractivity contribution in [2.24, 2.45) is 0 Å². The molecular formula is C74H133N2O6P. The number of hydrogen-bond acceptors (Lipinski definition) is 6. The van der Waals surface area contributed by atoms with Gasteiger partial charge in [0, 0.05) is 6.42 Å². The Bertz CT molecular complexity index is 1720. The first kappa shape index (κ1) is 80.2. The fourth-order valence-corrected chi connectivity index (χ4v) is 10.6. The molecule has 2 N–H and O–H groups in total. The van der Waals surface area contributed by atoms with E-state index in [0.717, 1.165) is 89.9 Å². The first-order valence-corrected chi connectivity index (χ1v) is 36.2. The van der Waals surface area contributed by atoms with Crippen LogP contribution in [0.4, 0.5) is 0 Å². The number of rotatable bonds is 63. The monoisotopic (exact) mass is 1180 g/mol. The van der Waals surface area contributed by atoms with Gasteiger partial charge >= 0.3 is 0 Å². The number of aliphatic hydroxyl groups excluding tert-OH is 1. The van der Waals surface area contributed by atoms with Gasteiger partial charge in [0.1, 0.15) is 13.2 Å². The number of unbranched alkanes of at least 4 members (excludes halogenated alkanes) is 34. The molecule has 0 aliphatic rings. The Balaban J connectivity index is 4.07. The zero-order valence-corrected chi connectivity index (χ0v) is 55.8. The summed E-state index contributed by atoms with van der Waals surface area (Å²) in [5, 5.41) is 14.0. The topological polar surface area (TPSA) is 108 Å². The number of nitrogens with zero attached hydrogens (tertiary/aromatic N) is 1. The molecule has 0 rings (SSSR count). The van der Waals surface area contributed by atoms with Crippen molar-refractivity contribution < 1.29 is 32.9 Å². The summed E-state index contributed by atoms with van der Waals surface area (Å²) in [6.45, 7) is 4.56. The van der Waals surface area contributed by atoms with Gasteiger partial charge in [0.25, 0.3) is 7.82 Å². The van der Waals surface area contributed by atoms with Gasteiger partial charge in [-0.25, -0.2) is 0 Å². The standard InChI is InChI=1S/C74H133N2O6P/c1-6-8-10-12-14-16-18-20-22-24-26-28-30-31-32-33-34-35-36-37-38-39-40-41-42-43-44-45-46-48-50-52-54-56-58-60-62-64-66-68-74(78)75-72(71-82-83(79,80)81-70-69-76(3,4)5)73(77)67-65-63-61-59-57-55-53-51-49-47-29-27-25-23-21-19-17-15-13-11-9-7-2/h8,10,14,16,20,22,26,28,31-32,34-35,37-38,40-41,65,67,72-73,77H,6-7,9,11-13,15,17-19,21,23-25,27,29-30,33,36,39,42-64,66,68-71H2,1-5H3,(H-,75,78,79,80)/b10-8-,16-14-,22-20-,28-26-,32-31-,35-34-,38-37-,41-40-,67-65+. The predicted octanol–water partition coefficient (Wildman–Crippen LogP) is 21.6. The number of amides is 1. The summed E-state index contributed by atoms with van der Waals surface area (Å²) in [6.07, 6.45) is 93.4. The second-order valence-corrected chi connectivity index (χ2v) is 25.9. The summed E-state index contributed by atoms with van der Waals surface area (Å²) in [4.78, 5) is 25.6. The van der Waals surface area contributed by atoms with Gasteiger partial charge in [0.15, 0.2) is 0 Å². The van der Waals surface area contributed by atoms with Gasteiger partial charge in [-0.15, -0.1) is 0 Å². The number of likely N-dealkylation sites (N-methyl/N-ethyl adjacent to an activating group) is 1. The number of nitrogens with one attached hydrogen (secondary N) is 1. The quantitative estimate of drug-likeness (QED) is 0.0272. The van der Waals surface area contributed by atoms with Crippen LogP contribution in [0.5, 0.6) is 0 Å². The number of allylic oxidation sites excluding steroid dienone is 17. The number of aliphatic hydroxyl groups is 1. The van der Waals surface area contributed by atoms with Crippen molar-refractivity contribution in [1.29, 1.82) is 0 Å². The molecule has 8 nitrogen and oxygen atoms in total. The lowest BCUT2D eigenvalue weighted by Crippen LogP contribution is -2.45. The van der Waals surface area contributed by atoms with Crippen LogP contribution in [-0.4, -0.2) is 68.5 Å². The number of hydrogen-bond donors (Lipinski definition) is 2. The molecule has 9 heteroatoms. The largest absolute Gasteiger partial charge is 0.756 e. The Morgan fingerprint density at radius 1 is 0.434 bits per heavy atom. The minimum Gasteiger partial charge on any atom is -0.756 e. The fraction of sp³-hybridized carbons (Fsp3) is 0.743. The maximum atomic E-state index is 13.0. The molecule has 0 aliphatic carbocycles. The molecule has 0 aromatic heterocycles. The lowest BCUT2D eigenvalue weighted by atomic mass is 10.0. The number of phosphoric ester groups is 1. The van der Waals surface area contributed by atoms with Crippen LogP contribution >= 0.6 is 7.82 Å². The van der Waals surface area contributed by atoms with Gasteiger partial charge in [-0.05, 0) is 83.5 Å². The van der Waals surface area contributed by atoms with E-state index >= 15 is 0 Å². The third-order valence-corrected chi connectivity index (χ3v) is 16.2. The van der Waals surface area contributed by atoms with Crippen LogP contribution in [0.3, 0.4) is 0 Å². The number of phosphoric acid groups is 1. The zero-order valence-electron chi connectivity index (χ0n) is 54.9. The van der Waals surface area contributed by atoms with E-state index in [-0.39, 0.29) is 19.1 Å². The normalized spacial score (nSPS) is 14.3. The summed E-state index contributed by atoms with van der Waals surface area (Å²) in [6, 6.07) is -0.893. The summed E-state index contributed by atoms with van der Waals surface area (Å²) in [5.41, 5.74) is 0. The molecule has 0 radical (unpaired) electrons. The molecule has 0 heterocycles. The predicted molar refractivity (Wildman–Crippen MR) is 362 cm³/mol. The van der Waals surface area contributed by atoms with Gasteiger partial charge in [0.05, 0.1) is 39.9 Å². The molecule has 480 valence electrons. The highest BCUT2D eigenvalue weighted by atomic mass is 31.2. The lowest BCUT2D eigenvalue weighted by molar-refractivity contribution is -0.870. The molecule has 0 saturated heterocycles.